The Morgan fingerprint density at radius 1 is 1.43 bits per heavy atom. The summed E-state index contributed by atoms with van der Waals surface area (Å²) in [5.74, 6) is 0. The molecular formula is C3H11NaO2Ti. The van der Waals surface area contributed by atoms with Crippen LogP contribution in [-0.2, 0) is 21.7 Å². The van der Waals surface area contributed by atoms with Gasteiger partial charge in [0.1, 0.15) is 0 Å². The van der Waals surface area contributed by atoms with Crippen molar-refractivity contribution in [1.82, 2.24) is 0 Å². The molecule has 0 aliphatic rings. The third-order valence-corrected chi connectivity index (χ3v) is 0. The van der Waals surface area contributed by atoms with Crippen LogP contribution in [0.2, 0.25) is 0 Å². The molecule has 0 aliphatic carbocycles. The second-order valence-electron chi connectivity index (χ2n) is 1.09. The minimum atomic E-state index is -0.167. The minimum absolute atomic E-state index is 0. The summed E-state index contributed by atoms with van der Waals surface area (Å²) in [4.78, 5) is 0. The molecule has 0 rings (SSSR count). The van der Waals surface area contributed by atoms with Crippen molar-refractivity contribution in [1.29, 1.82) is 0 Å². The Hall–Kier alpha value is 1.63. The van der Waals surface area contributed by atoms with Gasteiger partial charge in [-0.25, -0.2) is 0 Å². The molecule has 0 atom stereocenters. The molecule has 0 bridgehead atoms. The molecule has 0 fully saturated rings. The molecule has 0 amide bonds. The molecule has 0 aromatic rings. The molecule has 0 aromatic carbocycles. The van der Waals surface area contributed by atoms with Crippen molar-refractivity contribution in [3.05, 3.63) is 0 Å². The summed E-state index contributed by atoms with van der Waals surface area (Å²) in [6.45, 7) is 3.44. The topological polar surface area (TPSA) is 51.7 Å². The minimum Gasteiger partial charge on any atom is -1.00 e. The molecule has 0 radical (unpaired) electrons. The average Bonchev–Trinajstić information content (AvgIpc) is 0.811. The second-order valence-corrected chi connectivity index (χ2v) is 1.09. The van der Waals surface area contributed by atoms with Crippen LogP contribution in [0.1, 0.15) is 15.3 Å². The van der Waals surface area contributed by atoms with Crippen molar-refractivity contribution in [2.75, 3.05) is 0 Å². The number of hydrogen-bond donors (Lipinski definition) is 1. The van der Waals surface area contributed by atoms with Crippen LogP contribution >= 0.6 is 0 Å². The third-order valence-electron chi connectivity index (χ3n) is 0. The summed E-state index contributed by atoms with van der Waals surface area (Å²) in [7, 11) is 0. The normalized spacial score (nSPS) is 5.14. The fraction of sp³-hybridized carbons (Fsp3) is 1.00. The van der Waals surface area contributed by atoms with Gasteiger partial charge in [0.2, 0.25) is 0 Å². The summed E-state index contributed by atoms with van der Waals surface area (Å²) in [5.41, 5.74) is 0. The van der Waals surface area contributed by atoms with Crippen LogP contribution in [0.25, 0.3) is 0 Å². The first-order chi connectivity index (χ1) is 1.73. The van der Waals surface area contributed by atoms with Crippen LogP contribution < -0.4 is 29.6 Å². The Morgan fingerprint density at radius 2 is 1.43 bits per heavy atom. The van der Waals surface area contributed by atoms with Gasteiger partial charge < -0.3 is 12.0 Å². The SMILES string of the molecule is CC(C)O.O.[H-].[Na+].[Ti]. The molecule has 0 saturated carbocycles. The first-order valence-corrected chi connectivity index (χ1v) is 1.41. The van der Waals surface area contributed by atoms with E-state index in [0.29, 0.717) is 0 Å². The van der Waals surface area contributed by atoms with Crippen LogP contribution in [-0.4, -0.2) is 16.7 Å². The van der Waals surface area contributed by atoms with Gasteiger partial charge in [-0.2, -0.15) is 0 Å². The number of rotatable bonds is 0. The van der Waals surface area contributed by atoms with Gasteiger partial charge in [-0.15, -0.1) is 0 Å². The van der Waals surface area contributed by atoms with Crippen LogP contribution in [0.5, 0.6) is 0 Å². The van der Waals surface area contributed by atoms with Gasteiger partial charge in [-0.1, -0.05) is 0 Å². The number of aliphatic hydroxyl groups is 1. The second kappa shape index (κ2) is 15.6. The molecule has 0 unspecified atom stereocenters. The van der Waals surface area contributed by atoms with Crippen molar-refractivity contribution >= 4 is 0 Å². The first kappa shape index (κ1) is 23.4. The summed E-state index contributed by atoms with van der Waals surface area (Å²) in [6, 6.07) is 0. The van der Waals surface area contributed by atoms with E-state index in [9.17, 15) is 0 Å². The van der Waals surface area contributed by atoms with Gasteiger partial charge in [0, 0.05) is 27.8 Å². The molecule has 0 spiro atoms. The number of aliphatic hydroxyl groups excluding tert-OH is 1. The van der Waals surface area contributed by atoms with Crippen molar-refractivity contribution in [3.8, 4) is 0 Å². The largest absolute Gasteiger partial charge is 1.00 e. The van der Waals surface area contributed by atoms with Crippen molar-refractivity contribution in [2.45, 2.75) is 20.0 Å². The van der Waals surface area contributed by atoms with Gasteiger partial charge in [0.15, 0.2) is 0 Å². The van der Waals surface area contributed by atoms with Crippen LogP contribution in [0.3, 0.4) is 0 Å². The predicted molar refractivity (Wildman–Crippen MR) is 22.1 cm³/mol. The molecule has 0 saturated heterocycles. The van der Waals surface area contributed by atoms with Gasteiger partial charge in [-0.3, -0.25) is 0 Å². The van der Waals surface area contributed by atoms with Crippen molar-refractivity contribution in [2.24, 2.45) is 0 Å². The van der Waals surface area contributed by atoms with E-state index in [4.69, 9.17) is 5.11 Å². The summed E-state index contributed by atoms with van der Waals surface area (Å²) < 4.78 is 0. The Kier molecular flexibility index (Phi) is 52.4. The van der Waals surface area contributed by atoms with Gasteiger partial charge in [0.05, 0.1) is 0 Å². The molecule has 0 heterocycles. The molecule has 0 aromatic heterocycles. The van der Waals surface area contributed by atoms with Crippen LogP contribution in [0, 0.1) is 0 Å². The van der Waals surface area contributed by atoms with E-state index in [1.54, 1.807) is 13.8 Å². The summed E-state index contributed by atoms with van der Waals surface area (Å²) >= 11 is 0. The zero-order valence-corrected chi connectivity index (χ0v) is 8.59. The monoisotopic (exact) mass is 150 g/mol. The van der Waals surface area contributed by atoms with Gasteiger partial charge in [-0.05, 0) is 13.8 Å². The maximum atomic E-state index is 8.06. The van der Waals surface area contributed by atoms with E-state index >= 15 is 0 Å². The molecule has 4 heteroatoms. The Bertz CT molecular complexity index is 22.0. The Balaban J connectivity index is -0.00000000750. The average molecular weight is 150 g/mol. The smallest absolute Gasteiger partial charge is 1.00 e. The summed E-state index contributed by atoms with van der Waals surface area (Å²) in [5, 5.41) is 8.06. The fourth-order valence-corrected chi connectivity index (χ4v) is 0. The van der Waals surface area contributed by atoms with E-state index in [2.05, 4.69) is 0 Å². The molecule has 40 valence electrons. The van der Waals surface area contributed by atoms with Crippen molar-refractivity contribution < 1.29 is 63.3 Å². The standard InChI is InChI=1S/C3H8O.Na.H2O.Ti.H/c1-3(2)4;;;;/h3-4H,1-2H3;;1H2;;/q;+1;;;-1. The zero-order chi connectivity index (χ0) is 3.58. The van der Waals surface area contributed by atoms with E-state index in [1.807, 2.05) is 0 Å². The van der Waals surface area contributed by atoms with Gasteiger partial charge >= 0.3 is 29.6 Å². The molecular weight excluding hydrogens is 139 g/mol. The summed E-state index contributed by atoms with van der Waals surface area (Å²) in [6.07, 6.45) is -0.167. The van der Waals surface area contributed by atoms with Crippen molar-refractivity contribution in [3.63, 3.8) is 0 Å². The first-order valence-electron chi connectivity index (χ1n) is 1.41. The predicted octanol–water partition coefficient (Wildman–Crippen LogP) is -3.32. The molecule has 7 heavy (non-hydrogen) atoms. The van der Waals surface area contributed by atoms with Gasteiger partial charge in [0.25, 0.3) is 0 Å². The van der Waals surface area contributed by atoms with Crippen LogP contribution in [0.15, 0.2) is 0 Å². The number of hydrogen-bond acceptors (Lipinski definition) is 1. The fourth-order valence-electron chi connectivity index (χ4n) is 0. The van der Waals surface area contributed by atoms with E-state index in [0.717, 1.165) is 0 Å². The van der Waals surface area contributed by atoms with Crippen LogP contribution in [0.4, 0.5) is 0 Å². The maximum Gasteiger partial charge on any atom is 1.00 e. The van der Waals surface area contributed by atoms with E-state index < -0.39 is 0 Å². The third kappa shape index (κ3) is 90.7. The molecule has 2 nitrogen and oxygen atoms in total. The maximum absolute atomic E-state index is 8.06. The molecule has 0 aliphatic heterocycles. The van der Waals surface area contributed by atoms with E-state index in [1.165, 1.54) is 0 Å². The zero-order valence-electron chi connectivity index (χ0n) is 6.02. The Labute approximate surface area is 82.6 Å². The molecule has 3 N–H and O–H groups in total. The Morgan fingerprint density at radius 3 is 1.43 bits per heavy atom. The van der Waals surface area contributed by atoms with E-state index in [-0.39, 0.29) is 64.3 Å². The quantitative estimate of drug-likeness (QED) is 0.361.